The standard InChI is InChI=1S/C17H17BrO3/c1-3-10-20-16-7-5-4-6-14(16)17(19)21-15-9-8-13(18)11-12(15)2/h4-9,11H,3,10H2,1-2H3. The molecule has 2 rings (SSSR count). The number of carbonyl (C=O) groups excluding carboxylic acids is 1. The molecule has 0 fully saturated rings. The van der Waals surface area contributed by atoms with Crippen molar-refractivity contribution >= 4 is 21.9 Å². The number of hydrogen-bond acceptors (Lipinski definition) is 3. The van der Waals surface area contributed by atoms with Crippen LogP contribution in [0.5, 0.6) is 11.5 Å². The summed E-state index contributed by atoms with van der Waals surface area (Å²) >= 11 is 3.39. The molecule has 2 aromatic rings. The van der Waals surface area contributed by atoms with Crippen LogP contribution in [0.1, 0.15) is 29.3 Å². The molecule has 0 aliphatic carbocycles. The predicted molar refractivity (Wildman–Crippen MR) is 86.1 cm³/mol. The lowest BCUT2D eigenvalue weighted by Gasteiger charge is -2.11. The van der Waals surface area contributed by atoms with E-state index in [4.69, 9.17) is 9.47 Å². The Hall–Kier alpha value is -1.81. The van der Waals surface area contributed by atoms with Gasteiger partial charge in [0, 0.05) is 4.47 Å². The van der Waals surface area contributed by atoms with Gasteiger partial charge in [0.15, 0.2) is 0 Å². The van der Waals surface area contributed by atoms with Crippen molar-refractivity contribution in [2.24, 2.45) is 0 Å². The summed E-state index contributed by atoms with van der Waals surface area (Å²) < 4.78 is 12.0. The van der Waals surface area contributed by atoms with Crippen molar-refractivity contribution in [3.05, 3.63) is 58.1 Å². The van der Waals surface area contributed by atoms with Crippen LogP contribution in [0.4, 0.5) is 0 Å². The van der Waals surface area contributed by atoms with Gasteiger partial charge in [0.1, 0.15) is 17.1 Å². The van der Waals surface area contributed by atoms with Crippen molar-refractivity contribution in [1.29, 1.82) is 0 Å². The van der Waals surface area contributed by atoms with Gasteiger partial charge >= 0.3 is 5.97 Å². The fraction of sp³-hybridized carbons (Fsp3) is 0.235. The number of hydrogen-bond donors (Lipinski definition) is 0. The Balaban J connectivity index is 2.20. The van der Waals surface area contributed by atoms with Crippen LogP contribution in [-0.4, -0.2) is 12.6 Å². The van der Waals surface area contributed by atoms with Crippen LogP contribution in [0.3, 0.4) is 0 Å². The fourth-order valence-corrected chi connectivity index (χ4v) is 2.33. The van der Waals surface area contributed by atoms with Crippen molar-refractivity contribution in [2.45, 2.75) is 20.3 Å². The molecule has 0 amide bonds. The molecule has 0 radical (unpaired) electrons. The van der Waals surface area contributed by atoms with Crippen molar-refractivity contribution in [3.63, 3.8) is 0 Å². The van der Waals surface area contributed by atoms with Crippen LogP contribution < -0.4 is 9.47 Å². The molecule has 4 heteroatoms. The molecule has 0 aliphatic heterocycles. The van der Waals surface area contributed by atoms with Gasteiger partial charge in [-0.2, -0.15) is 0 Å². The Morgan fingerprint density at radius 2 is 1.90 bits per heavy atom. The number of halogens is 1. The fourth-order valence-electron chi connectivity index (χ4n) is 1.86. The lowest BCUT2D eigenvalue weighted by molar-refractivity contribution is 0.0729. The molecule has 3 nitrogen and oxygen atoms in total. The summed E-state index contributed by atoms with van der Waals surface area (Å²) in [5.41, 5.74) is 1.33. The van der Waals surface area contributed by atoms with Crippen molar-refractivity contribution < 1.29 is 14.3 Å². The number of benzene rings is 2. The van der Waals surface area contributed by atoms with E-state index in [9.17, 15) is 4.79 Å². The summed E-state index contributed by atoms with van der Waals surface area (Å²) in [7, 11) is 0. The van der Waals surface area contributed by atoms with Crippen LogP contribution >= 0.6 is 15.9 Å². The van der Waals surface area contributed by atoms with Gasteiger partial charge in [-0.1, -0.05) is 35.0 Å². The summed E-state index contributed by atoms with van der Waals surface area (Å²) in [5, 5.41) is 0. The van der Waals surface area contributed by atoms with Crippen LogP contribution in [-0.2, 0) is 0 Å². The minimum absolute atomic E-state index is 0.410. The van der Waals surface area contributed by atoms with E-state index in [1.54, 1.807) is 24.3 Å². The van der Waals surface area contributed by atoms with Crippen molar-refractivity contribution in [1.82, 2.24) is 0 Å². The predicted octanol–water partition coefficient (Wildman–Crippen LogP) is 4.77. The summed E-state index contributed by atoms with van der Waals surface area (Å²) in [4.78, 5) is 12.3. The van der Waals surface area contributed by atoms with Gasteiger partial charge in [0.2, 0.25) is 0 Å². The smallest absolute Gasteiger partial charge is 0.347 e. The molecule has 0 aliphatic rings. The first-order valence-corrected chi connectivity index (χ1v) is 7.61. The highest BCUT2D eigenvalue weighted by Crippen LogP contribution is 2.25. The van der Waals surface area contributed by atoms with Crippen LogP contribution in [0, 0.1) is 6.92 Å². The number of carbonyl (C=O) groups is 1. The second-order valence-electron chi connectivity index (χ2n) is 4.64. The Morgan fingerprint density at radius 3 is 2.62 bits per heavy atom. The van der Waals surface area contributed by atoms with Gasteiger partial charge in [0.05, 0.1) is 6.61 Å². The summed E-state index contributed by atoms with van der Waals surface area (Å²) in [6, 6.07) is 12.6. The molecule has 0 saturated heterocycles. The highest BCUT2D eigenvalue weighted by atomic mass is 79.9. The first-order valence-electron chi connectivity index (χ1n) is 6.82. The normalized spacial score (nSPS) is 10.2. The molecule has 2 aromatic carbocycles. The zero-order valence-electron chi connectivity index (χ0n) is 12.1. The molecule has 0 aromatic heterocycles. The topological polar surface area (TPSA) is 35.5 Å². The zero-order chi connectivity index (χ0) is 15.2. The van der Waals surface area contributed by atoms with Crippen LogP contribution in [0.15, 0.2) is 46.9 Å². The number of para-hydroxylation sites is 1. The van der Waals surface area contributed by atoms with Gasteiger partial charge in [-0.25, -0.2) is 4.79 Å². The molecule has 0 N–H and O–H groups in total. The molecular weight excluding hydrogens is 332 g/mol. The minimum atomic E-state index is -0.410. The highest BCUT2D eigenvalue weighted by molar-refractivity contribution is 9.10. The summed E-state index contributed by atoms with van der Waals surface area (Å²) in [5.74, 6) is 0.694. The molecule has 21 heavy (non-hydrogen) atoms. The average Bonchev–Trinajstić information content (AvgIpc) is 2.48. The molecule has 0 heterocycles. The third kappa shape index (κ3) is 4.08. The number of esters is 1. The first kappa shape index (κ1) is 15.6. The number of rotatable bonds is 5. The van der Waals surface area contributed by atoms with E-state index in [0.29, 0.717) is 23.7 Å². The summed E-state index contributed by atoms with van der Waals surface area (Å²) in [6.07, 6.45) is 0.884. The molecule has 0 unspecified atom stereocenters. The van der Waals surface area contributed by atoms with Gasteiger partial charge in [-0.05, 0) is 49.2 Å². The van der Waals surface area contributed by atoms with Gasteiger partial charge < -0.3 is 9.47 Å². The molecule has 110 valence electrons. The van der Waals surface area contributed by atoms with Gasteiger partial charge in [0.25, 0.3) is 0 Å². The zero-order valence-corrected chi connectivity index (χ0v) is 13.6. The maximum Gasteiger partial charge on any atom is 0.347 e. The van der Waals surface area contributed by atoms with Crippen LogP contribution in [0.25, 0.3) is 0 Å². The van der Waals surface area contributed by atoms with E-state index in [2.05, 4.69) is 15.9 Å². The van der Waals surface area contributed by atoms with E-state index in [1.807, 2.05) is 32.0 Å². The second-order valence-corrected chi connectivity index (χ2v) is 5.56. The first-order chi connectivity index (χ1) is 10.1. The van der Waals surface area contributed by atoms with Gasteiger partial charge in [-0.3, -0.25) is 0 Å². The van der Waals surface area contributed by atoms with E-state index in [0.717, 1.165) is 16.5 Å². The highest BCUT2D eigenvalue weighted by Gasteiger charge is 2.15. The Bertz CT molecular complexity index is 638. The molecule has 0 bridgehead atoms. The maximum absolute atomic E-state index is 12.3. The average molecular weight is 349 g/mol. The largest absolute Gasteiger partial charge is 0.493 e. The number of ether oxygens (including phenoxy) is 2. The summed E-state index contributed by atoms with van der Waals surface area (Å²) in [6.45, 7) is 4.49. The Morgan fingerprint density at radius 1 is 1.14 bits per heavy atom. The minimum Gasteiger partial charge on any atom is -0.493 e. The lowest BCUT2D eigenvalue weighted by Crippen LogP contribution is -2.11. The third-order valence-corrected chi connectivity index (χ3v) is 3.40. The maximum atomic E-state index is 12.3. The van der Waals surface area contributed by atoms with Gasteiger partial charge in [-0.15, -0.1) is 0 Å². The van der Waals surface area contributed by atoms with Crippen molar-refractivity contribution in [3.8, 4) is 11.5 Å². The van der Waals surface area contributed by atoms with Crippen molar-refractivity contribution in [2.75, 3.05) is 6.61 Å². The van der Waals surface area contributed by atoms with E-state index in [-0.39, 0.29) is 0 Å². The lowest BCUT2D eigenvalue weighted by atomic mass is 10.2. The molecule has 0 spiro atoms. The second kappa shape index (κ2) is 7.27. The number of aryl methyl sites for hydroxylation is 1. The molecule has 0 atom stereocenters. The third-order valence-electron chi connectivity index (χ3n) is 2.91. The van der Waals surface area contributed by atoms with E-state index >= 15 is 0 Å². The van der Waals surface area contributed by atoms with E-state index < -0.39 is 5.97 Å². The van der Waals surface area contributed by atoms with Crippen LogP contribution in [0.2, 0.25) is 0 Å². The Labute approximate surface area is 133 Å². The SMILES string of the molecule is CCCOc1ccccc1C(=O)Oc1ccc(Br)cc1C. The quantitative estimate of drug-likeness (QED) is 0.576. The van der Waals surface area contributed by atoms with E-state index in [1.165, 1.54) is 0 Å². The monoisotopic (exact) mass is 348 g/mol. The molecular formula is C17H17BrO3. The Kier molecular flexibility index (Phi) is 5.39. The molecule has 0 saturated carbocycles.